The van der Waals surface area contributed by atoms with Gasteiger partial charge in [0, 0.05) is 44.2 Å². The maximum atomic E-state index is 11.9. The number of amides is 1. The van der Waals surface area contributed by atoms with Gasteiger partial charge >= 0.3 is 11.7 Å². The smallest absolute Gasteiger partial charge is 0.409 e. The summed E-state index contributed by atoms with van der Waals surface area (Å²) in [6, 6.07) is 7.60. The lowest BCUT2D eigenvalue weighted by Gasteiger charge is -2.34. The van der Waals surface area contributed by atoms with Gasteiger partial charge in [-0.1, -0.05) is 19.9 Å². The van der Waals surface area contributed by atoms with E-state index in [4.69, 9.17) is 9.15 Å². The van der Waals surface area contributed by atoms with Crippen LogP contribution >= 0.6 is 0 Å². The molecule has 3 rings (SSSR count). The van der Waals surface area contributed by atoms with Gasteiger partial charge in [0.1, 0.15) is 5.58 Å². The first-order valence-corrected chi connectivity index (χ1v) is 9.18. The summed E-state index contributed by atoms with van der Waals surface area (Å²) in [6.07, 6.45) is -0.250. The van der Waals surface area contributed by atoms with Gasteiger partial charge in [0.05, 0.1) is 6.61 Å². The first-order valence-electron chi connectivity index (χ1n) is 9.18. The van der Waals surface area contributed by atoms with Gasteiger partial charge in [0.2, 0.25) is 0 Å². The van der Waals surface area contributed by atoms with Crippen LogP contribution in [0.2, 0.25) is 0 Å². The van der Waals surface area contributed by atoms with E-state index in [1.165, 1.54) is 5.56 Å². The third kappa shape index (κ3) is 4.07. The molecule has 1 aliphatic heterocycles. The fourth-order valence-corrected chi connectivity index (χ4v) is 3.28. The number of rotatable bonds is 4. The second kappa shape index (κ2) is 7.91. The molecule has 0 unspecified atom stereocenters. The van der Waals surface area contributed by atoms with Crippen LogP contribution in [0.15, 0.2) is 33.5 Å². The minimum atomic E-state index is -0.324. The van der Waals surface area contributed by atoms with Crippen molar-refractivity contribution in [1.82, 2.24) is 9.80 Å². The van der Waals surface area contributed by atoms with Crippen LogP contribution in [0.25, 0.3) is 11.0 Å². The van der Waals surface area contributed by atoms with Crippen LogP contribution in [0, 0.1) is 0 Å². The molecule has 6 heteroatoms. The van der Waals surface area contributed by atoms with E-state index >= 15 is 0 Å². The van der Waals surface area contributed by atoms with Gasteiger partial charge in [0.15, 0.2) is 0 Å². The topological polar surface area (TPSA) is 63.0 Å². The van der Waals surface area contributed by atoms with Crippen molar-refractivity contribution in [3.05, 3.63) is 45.8 Å². The van der Waals surface area contributed by atoms with E-state index in [0.29, 0.717) is 37.7 Å². The van der Waals surface area contributed by atoms with E-state index in [0.717, 1.165) is 24.0 Å². The van der Waals surface area contributed by atoms with Gasteiger partial charge in [-0.2, -0.15) is 0 Å². The zero-order valence-electron chi connectivity index (χ0n) is 15.7. The fourth-order valence-electron chi connectivity index (χ4n) is 3.28. The third-order valence-electron chi connectivity index (χ3n) is 4.81. The van der Waals surface area contributed by atoms with Crippen molar-refractivity contribution < 1.29 is 13.9 Å². The summed E-state index contributed by atoms with van der Waals surface area (Å²) in [5, 5.41) is 0.989. The van der Waals surface area contributed by atoms with Crippen molar-refractivity contribution in [2.75, 3.05) is 32.8 Å². The van der Waals surface area contributed by atoms with E-state index in [1.807, 2.05) is 19.1 Å². The number of benzene rings is 1. The van der Waals surface area contributed by atoms with Gasteiger partial charge in [-0.3, -0.25) is 4.90 Å². The molecule has 1 aromatic heterocycles. The van der Waals surface area contributed by atoms with E-state index in [9.17, 15) is 9.59 Å². The maximum Gasteiger partial charge on any atom is 0.409 e. The fraction of sp³-hybridized carbons (Fsp3) is 0.500. The number of piperazine rings is 1. The van der Waals surface area contributed by atoms with Crippen molar-refractivity contribution in [3.8, 4) is 0 Å². The molecule has 1 saturated heterocycles. The summed E-state index contributed by atoms with van der Waals surface area (Å²) in [5.74, 6) is 0.410. The molecule has 2 heterocycles. The number of hydrogen-bond donors (Lipinski definition) is 0. The Labute approximate surface area is 153 Å². The summed E-state index contributed by atoms with van der Waals surface area (Å²) >= 11 is 0. The van der Waals surface area contributed by atoms with Crippen LogP contribution in [0.4, 0.5) is 4.79 Å². The standard InChI is InChI=1S/C20H26N2O4/c1-4-25-20(24)22-9-7-21(8-10-22)13-16-12-19(23)26-18-6-5-15(14(2)3)11-17(16)18/h5-6,11-12,14H,4,7-10,13H2,1-3H3. The third-order valence-corrected chi connectivity index (χ3v) is 4.81. The highest BCUT2D eigenvalue weighted by molar-refractivity contribution is 5.81. The number of fused-ring (bicyclic) bond motifs is 1. The molecular weight excluding hydrogens is 332 g/mol. The normalized spacial score (nSPS) is 15.6. The van der Waals surface area contributed by atoms with Crippen LogP contribution in [-0.4, -0.2) is 48.7 Å². The molecule has 1 fully saturated rings. The molecule has 1 aliphatic rings. The van der Waals surface area contributed by atoms with Crippen LogP contribution in [-0.2, 0) is 11.3 Å². The molecule has 0 spiro atoms. The highest BCUT2D eigenvalue weighted by atomic mass is 16.6. The second-order valence-corrected chi connectivity index (χ2v) is 6.96. The summed E-state index contributed by atoms with van der Waals surface area (Å²) in [4.78, 5) is 27.7. The van der Waals surface area contributed by atoms with Crippen molar-refractivity contribution >= 4 is 17.1 Å². The molecule has 1 amide bonds. The van der Waals surface area contributed by atoms with E-state index < -0.39 is 0 Å². The van der Waals surface area contributed by atoms with E-state index in [1.54, 1.807) is 11.0 Å². The Balaban J connectivity index is 1.77. The summed E-state index contributed by atoms with van der Waals surface area (Å²) < 4.78 is 10.4. The summed E-state index contributed by atoms with van der Waals surface area (Å²) in [6.45, 7) is 9.94. The minimum absolute atomic E-state index is 0.250. The number of carbonyl (C=O) groups is 1. The van der Waals surface area contributed by atoms with Crippen LogP contribution in [0.1, 0.15) is 37.8 Å². The molecule has 0 saturated carbocycles. The van der Waals surface area contributed by atoms with Crippen molar-refractivity contribution in [2.45, 2.75) is 33.2 Å². The maximum absolute atomic E-state index is 11.9. The van der Waals surface area contributed by atoms with Crippen LogP contribution in [0.3, 0.4) is 0 Å². The van der Waals surface area contributed by atoms with Gasteiger partial charge in [0.25, 0.3) is 0 Å². The Morgan fingerprint density at radius 3 is 2.58 bits per heavy atom. The van der Waals surface area contributed by atoms with Crippen molar-refractivity contribution in [1.29, 1.82) is 0 Å². The average Bonchev–Trinajstić information content (AvgIpc) is 2.62. The molecular formula is C20H26N2O4. The molecule has 0 aliphatic carbocycles. The molecule has 0 bridgehead atoms. The monoisotopic (exact) mass is 358 g/mol. The van der Waals surface area contributed by atoms with Crippen LogP contribution in [0.5, 0.6) is 0 Å². The van der Waals surface area contributed by atoms with Crippen molar-refractivity contribution in [2.24, 2.45) is 0 Å². The molecule has 26 heavy (non-hydrogen) atoms. The zero-order chi connectivity index (χ0) is 18.7. The van der Waals surface area contributed by atoms with Gasteiger partial charge in [-0.25, -0.2) is 9.59 Å². The van der Waals surface area contributed by atoms with Crippen molar-refractivity contribution in [3.63, 3.8) is 0 Å². The molecule has 2 aromatic rings. The highest BCUT2D eigenvalue weighted by Crippen LogP contribution is 2.24. The lowest BCUT2D eigenvalue weighted by atomic mass is 9.99. The Kier molecular flexibility index (Phi) is 5.61. The Hall–Kier alpha value is -2.34. The van der Waals surface area contributed by atoms with E-state index in [-0.39, 0.29) is 11.7 Å². The predicted molar refractivity (Wildman–Crippen MR) is 100 cm³/mol. The number of carbonyl (C=O) groups excluding carboxylic acids is 1. The Morgan fingerprint density at radius 1 is 1.19 bits per heavy atom. The quantitative estimate of drug-likeness (QED) is 0.786. The van der Waals surface area contributed by atoms with Gasteiger partial charge < -0.3 is 14.1 Å². The number of nitrogens with zero attached hydrogens (tertiary/aromatic N) is 2. The molecule has 6 nitrogen and oxygen atoms in total. The first kappa shape index (κ1) is 18.5. The molecule has 0 atom stereocenters. The number of ether oxygens (including phenoxy) is 1. The SMILES string of the molecule is CCOC(=O)N1CCN(Cc2cc(=O)oc3ccc(C(C)C)cc23)CC1. The average molecular weight is 358 g/mol. The predicted octanol–water partition coefficient (Wildman–Crippen LogP) is 3.19. The summed E-state index contributed by atoms with van der Waals surface area (Å²) in [5.41, 5.74) is 2.50. The number of hydrogen-bond acceptors (Lipinski definition) is 5. The Morgan fingerprint density at radius 2 is 1.92 bits per heavy atom. The largest absolute Gasteiger partial charge is 0.450 e. The highest BCUT2D eigenvalue weighted by Gasteiger charge is 2.22. The lowest BCUT2D eigenvalue weighted by molar-refractivity contribution is 0.0779. The van der Waals surface area contributed by atoms with E-state index in [2.05, 4.69) is 24.8 Å². The molecule has 1 aromatic carbocycles. The van der Waals surface area contributed by atoms with Gasteiger partial charge in [-0.15, -0.1) is 0 Å². The molecule has 0 radical (unpaired) electrons. The molecule has 140 valence electrons. The van der Waals surface area contributed by atoms with Crippen LogP contribution < -0.4 is 5.63 Å². The minimum Gasteiger partial charge on any atom is -0.450 e. The first-order chi connectivity index (χ1) is 12.5. The Bertz CT molecular complexity index is 835. The summed E-state index contributed by atoms with van der Waals surface area (Å²) in [7, 11) is 0. The molecule has 0 N–H and O–H groups in total. The zero-order valence-corrected chi connectivity index (χ0v) is 15.7. The second-order valence-electron chi connectivity index (χ2n) is 6.96. The lowest BCUT2D eigenvalue weighted by Crippen LogP contribution is -2.48. The van der Waals surface area contributed by atoms with Gasteiger partial charge in [-0.05, 0) is 36.1 Å².